The molecule has 3 aliphatic heterocycles. The monoisotopic (exact) mass is 374 g/mol. The summed E-state index contributed by atoms with van der Waals surface area (Å²) in [6, 6.07) is 4.84. The Morgan fingerprint density at radius 1 is 1.26 bits per heavy atom. The van der Waals surface area contributed by atoms with Gasteiger partial charge >= 0.3 is 6.09 Å². The molecule has 2 N–H and O–H groups in total. The minimum Gasteiger partial charge on any atom is -0.465 e. The highest BCUT2D eigenvalue weighted by atomic mass is 16.5. The van der Waals surface area contributed by atoms with Gasteiger partial charge in [-0.15, -0.1) is 0 Å². The number of piperazine rings is 1. The Morgan fingerprint density at radius 2 is 2.07 bits per heavy atom. The number of fused-ring (bicyclic) bond motifs is 1. The van der Waals surface area contributed by atoms with Gasteiger partial charge in [-0.2, -0.15) is 0 Å². The minimum absolute atomic E-state index is 0.313. The third-order valence-corrected chi connectivity index (χ3v) is 5.96. The molecule has 2 fully saturated rings. The summed E-state index contributed by atoms with van der Waals surface area (Å²) in [6.45, 7) is 7.94. The van der Waals surface area contributed by atoms with E-state index in [1.54, 1.807) is 0 Å². The smallest absolute Gasteiger partial charge is 0.407 e. The van der Waals surface area contributed by atoms with E-state index in [0.717, 1.165) is 70.0 Å². The van der Waals surface area contributed by atoms with Gasteiger partial charge in [-0.25, -0.2) is 4.79 Å². The Hall–Kier alpha value is -1.83. The van der Waals surface area contributed by atoms with Crippen LogP contribution in [0.15, 0.2) is 12.1 Å². The van der Waals surface area contributed by atoms with Gasteiger partial charge < -0.3 is 25.0 Å². The van der Waals surface area contributed by atoms with E-state index in [2.05, 4.69) is 34.3 Å². The van der Waals surface area contributed by atoms with Gasteiger partial charge in [-0.3, -0.25) is 4.90 Å². The SMILES string of the molecule is CN1CCN(Cc2cc3c(c(NC4CCOC4)c2)CN(C(=O)O)CC3)CC1. The second-order valence-electron chi connectivity index (χ2n) is 8.02. The third kappa shape index (κ3) is 4.36. The Bertz CT molecular complexity index is 682. The van der Waals surface area contributed by atoms with E-state index >= 15 is 0 Å². The number of nitrogens with zero attached hydrogens (tertiary/aromatic N) is 3. The zero-order valence-corrected chi connectivity index (χ0v) is 16.1. The molecule has 148 valence electrons. The Labute approximate surface area is 160 Å². The molecule has 27 heavy (non-hydrogen) atoms. The first-order chi connectivity index (χ1) is 13.1. The lowest BCUT2D eigenvalue weighted by Gasteiger charge is -2.33. The fraction of sp³-hybridized carbons (Fsp3) is 0.650. The van der Waals surface area contributed by atoms with E-state index in [1.165, 1.54) is 16.0 Å². The molecule has 1 amide bonds. The molecule has 7 nitrogen and oxygen atoms in total. The topological polar surface area (TPSA) is 68.3 Å². The number of likely N-dealkylation sites (N-methyl/N-ethyl adjacent to an activating group) is 1. The van der Waals surface area contributed by atoms with Gasteiger partial charge in [0.2, 0.25) is 0 Å². The van der Waals surface area contributed by atoms with E-state index in [9.17, 15) is 9.90 Å². The van der Waals surface area contributed by atoms with Crippen molar-refractivity contribution in [3.8, 4) is 0 Å². The molecule has 4 rings (SSSR count). The van der Waals surface area contributed by atoms with E-state index in [-0.39, 0.29) is 0 Å². The van der Waals surface area contributed by atoms with Crippen molar-refractivity contribution in [1.29, 1.82) is 0 Å². The van der Waals surface area contributed by atoms with Gasteiger partial charge in [-0.05, 0) is 42.6 Å². The normalized spacial score (nSPS) is 24.0. The second-order valence-corrected chi connectivity index (χ2v) is 8.02. The van der Waals surface area contributed by atoms with E-state index in [0.29, 0.717) is 19.1 Å². The lowest BCUT2D eigenvalue weighted by Crippen LogP contribution is -2.44. The predicted molar refractivity (Wildman–Crippen MR) is 104 cm³/mol. The van der Waals surface area contributed by atoms with Crippen molar-refractivity contribution in [3.05, 3.63) is 28.8 Å². The van der Waals surface area contributed by atoms with Crippen LogP contribution in [0.1, 0.15) is 23.1 Å². The average molecular weight is 374 g/mol. The fourth-order valence-corrected chi connectivity index (χ4v) is 4.25. The Balaban J connectivity index is 1.56. The van der Waals surface area contributed by atoms with Crippen molar-refractivity contribution in [2.24, 2.45) is 0 Å². The van der Waals surface area contributed by atoms with Crippen molar-refractivity contribution in [2.75, 3.05) is 58.3 Å². The first-order valence-electron chi connectivity index (χ1n) is 9.96. The van der Waals surface area contributed by atoms with Gasteiger partial charge in [0.05, 0.1) is 19.2 Å². The largest absolute Gasteiger partial charge is 0.465 e. The zero-order valence-electron chi connectivity index (χ0n) is 16.1. The van der Waals surface area contributed by atoms with Crippen LogP contribution in [0.25, 0.3) is 0 Å². The highest BCUT2D eigenvalue weighted by molar-refractivity contribution is 5.67. The van der Waals surface area contributed by atoms with Crippen LogP contribution in [0, 0.1) is 0 Å². The maximum absolute atomic E-state index is 11.5. The van der Waals surface area contributed by atoms with Gasteiger partial charge in [0.1, 0.15) is 0 Å². The minimum atomic E-state index is -0.836. The number of anilines is 1. The summed E-state index contributed by atoms with van der Waals surface area (Å²) in [5, 5.41) is 13.0. The summed E-state index contributed by atoms with van der Waals surface area (Å²) in [4.78, 5) is 17.8. The first kappa shape index (κ1) is 18.5. The molecule has 0 spiro atoms. The lowest BCUT2D eigenvalue weighted by molar-refractivity contribution is 0.140. The van der Waals surface area contributed by atoms with Crippen LogP contribution in [-0.2, 0) is 24.2 Å². The van der Waals surface area contributed by atoms with Crippen LogP contribution in [0.5, 0.6) is 0 Å². The summed E-state index contributed by atoms with van der Waals surface area (Å²) in [5.41, 5.74) is 4.85. The number of hydrogen-bond donors (Lipinski definition) is 2. The summed E-state index contributed by atoms with van der Waals surface area (Å²) in [5.74, 6) is 0. The van der Waals surface area contributed by atoms with Crippen LogP contribution >= 0.6 is 0 Å². The lowest BCUT2D eigenvalue weighted by atomic mass is 9.94. The number of benzene rings is 1. The molecule has 2 saturated heterocycles. The number of carbonyl (C=O) groups is 1. The number of hydrogen-bond acceptors (Lipinski definition) is 5. The van der Waals surface area contributed by atoms with Gasteiger partial charge in [-0.1, -0.05) is 6.07 Å². The molecule has 0 radical (unpaired) electrons. The van der Waals surface area contributed by atoms with Crippen LogP contribution in [0.3, 0.4) is 0 Å². The van der Waals surface area contributed by atoms with Crippen molar-refractivity contribution < 1.29 is 14.6 Å². The summed E-state index contributed by atoms with van der Waals surface area (Å²) >= 11 is 0. The molecule has 7 heteroatoms. The van der Waals surface area contributed by atoms with Crippen LogP contribution in [0.2, 0.25) is 0 Å². The van der Waals surface area contributed by atoms with E-state index in [1.807, 2.05) is 0 Å². The number of nitrogens with one attached hydrogen (secondary N) is 1. The number of amides is 1. The second kappa shape index (κ2) is 8.04. The predicted octanol–water partition coefficient (Wildman–Crippen LogP) is 1.67. The molecule has 1 aromatic rings. The number of rotatable bonds is 4. The molecule has 3 heterocycles. The van der Waals surface area contributed by atoms with Gasteiger partial charge in [0.15, 0.2) is 0 Å². The van der Waals surface area contributed by atoms with Gasteiger partial charge in [0.25, 0.3) is 0 Å². The van der Waals surface area contributed by atoms with Crippen molar-refractivity contribution in [2.45, 2.75) is 32.0 Å². The van der Waals surface area contributed by atoms with Crippen molar-refractivity contribution >= 4 is 11.8 Å². The number of ether oxygens (including phenoxy) is 1. The molecule has 0 aromatic heterocycles. The molecule has 0 saturated carbocycles. The standard InChI is InChI=1S/C20H30N4O3/c1-22-5-7-23(8-6-22)12-15-10-16-2-4-24(20(25)26)13-18(16)19(11-15)21-17-3-9-27-14-17/h10-11,17,21H,2-9,12-14H2,1H3,(H,25,26). The molecular weight excluding hydrogens is 344 g/mol. The Kier molecular flexibility index (Phi) is 5.52. The van der Waals surface area contributed by atoms with E-state index in [4.69, 9.17) is 4.74 Å². The third-order valence-electron chi connectivity index (χ3n) is 5.96. The molecule has 0 aliphatic carbocycles. The number of carboxylic acid groups (broad SMARTS) is 1. The molecule has 1 aromatic carbocycles. The highest BCUT2D eigenvalue weighted by Gasteiger charge is 2.25. The molecular formula is C20H30N4O3. The molecule has 1 atom stereocenters. The van der Waals surface area contributed by atoms with Crippen LogP contribution in [0.4, 0.5) is 10.5 Å². The summed E-state index contributed by atoms with van der Waals surface area (Å²) < 4.78 is 5.51. The Morgan fingerprint density at radius 3 is 2.78 bits per heavy atom. The fourth-order valence-electron chi connectivity index (χ4n) is 4.25. The molecule has 0 bridgehead atoms. The van der Waals surface area contributed by atoms with Crippen LogP contribution < -0.4 is 5.32 Å². The quantitative estimate of drug-likeness (QED) is 0.836. The van der Waals surface area contributed by atoms with Crippen molar-refractivity contribution in [3.63, 3.8) is 0 Å². The first-order valence-corrected chi connectivity index (χ1v) is 9.96. The highest BCUT2D eigenvalue weighted by Crippen LogP contribution is 2.30. The maximum Gasteiger partial charge on any atom is 0.407 e. The van der Waals surface area contributed by atoms with Crippen LogP contribution in [-0.4, -0.2) is 84.9 Å². The van der Waals surface area contributed by atoms with Gasteiger partial charge in [0, 0.05) is 51.6 Å². The maximum atomic E-state index is 11.5. The zero-order chi connectivity index (χ0) is 18.8. The van der Waals surface area contributed by atoms with Crippen molar-refractivity contribution in [1.82, 2.24) is 14.7 Å². The molecule has 1 unspecified atom stereocenters. The summed E-state index contributed by atoms with van der Waals surface area (Å²) in [7, 11) is 2.18. The van der Waals surface area contributed by atoms with E-state index < -0.39 is 6.09 Å². The summed E-state index contributed by atoms with van der Waals surface area (Å²) in [6.07, 6.45) is 0.950. The average Bonchev–Trinajstić information content (AvgIpc) is 3.16. The molecule has 3 aliphatic rings.